The molecule has 168 valence electrons. The predicted octanol–water partition coefficient (Wildman–Crippen LogP) is 5.24. The highest BCUT2D eigenvalue weighted by Crippen LogP contribution is 2.36. The van der Waals surface area contributed by atoms with Crippen LogP contribution in [0.4, 0.5) is 0 Å². The molecule has 1 N–H and O–H groups in total. The van der Waals surface area contributed by atoms with E-state index in [-0.39, 0.29) is 5.91 Å². The number of thioether (sulfide) groups is 1. The van der Waals surface area contributed by atoms with Crippen molar-refractivity contribution in [2.75, 3.05) is 26.5 Å². The molecule has 0 radical (unpaired) electrons. The van der Waals surface area contributed by atoms with Gasteiger partial charge in [-0.3, -0.25) is 9.78 Å². The van der Waals surface area contributed by atoms with Gasteiger partial charge in [0.2, 0.25) is 5.91 Å². The Labute approximate surface area is 197 Å². The third-order valence-electron chi connectivity index (χ3n) is 5.73. The SMILES string of the molecule is COc1ccc(CCNC(=O)CSc2c3c(nc4cc(Cl)ccc24)CCCC3)c(OC)c1. The highest BCUT2D eigenvalue weighted by Gasteiger charge is 2.19. The molecule has 7 heteroatoms. The van der Waals surface area contributed by atoms with E-state index in [0.717, 1.165) is 59.3 Å². The first kappa shape index (κ1) is 22.7. The van der Waals surface area contributed by atoms with Crippen LogP contribution in [0, 0.1) is 0 Å². The van der Waals surface area contributed by atoms with Gasteiger partial charge in [-0.25, -0.2) is 0 Å². The normalized spacial score (nSPS) is 13.0. The van der Waals surface area contributed by atoms with E-state index in [1.54, 1.807) is 26.0 Å². The maximum absolute atomic E-state index is 12.6. The molecule has 4 rings (SSSR count). The molecule has 0 bridgehead atoms. The first-order valence-electron chi connectivity index (χ1n) is 10.8. The Morgan fingerprint density at radius 1 is 1.12 bits per heavy atom. The van der Waals surface area contributed by atoms with E-state index < -0.39 is 0 Å². The molecule has 1 heterocycles. The summed E-state index contributed by atoms with van der Waals surface area (Å²) < 4.78 is 10.7. The molecule has 5 nitrogen and oxygen atoms in total. The van der Waals surface area contributed by atoms with E-state index in [9.17, 15) is 4.79 Å². The van der Waals surface area contributed by atoms with Gasteiger partial charge in [-0.2, -0.15) is 0 Å². The van der Waals surface area contributed by atoms with Crippen molar-refractivity contribution in [3.05, 3.63) is 58.2 Å². The van der Waals surface area contributed by atoms with Gasteiger partial charge in [0.05, 0.1) is 25.5 Å². The summed E-state index contributed by atoms with van der Waals surface area (Å²) in [5.41, 5.74) is 4.40. The van der Waals surface area contributed by atoms with Gasteiger partial charge >= 0.3 is 0 Å². The Morgan fingerprint density at radius 3 is 2.78 bits per heavy atom. The summed E-state index contributed by atoms with van der Waals surface area (Å²) in [6.45, 7) is 0.549. The Balaban J connectivity index is 1.41. The molecule has 1 amide bonds. The highest BCUT2D eigenvalue weighted by molar-refractivity contribution is 8.00. The van der Waals surface area contributed by atoms with Crippen LogP contribution in [-0.2, 0) is 24.1 Å². The van der Waals surface area contributed by atoms with E-state index in [0.29, 0.717) is 23.7 Å². The molecule has 1 aliphatic carbocycles. The van der Waals surface area contributed by atoms with Crippen molar-refractivity contribution in [2.24, 2.45) is 0 Å². The average molecular weight is 471 g/mol. The van der Waals surface area contributed by atoms with Crippen LogP contribution in [0.25, 0.3) is 10.9 Å². The Morgan fingerprint density at radius 2 is 1.97 bits per heavy atom. The molecule has 3 aromatic rings. The van der Waals surface area contributed by atoms with Crippen molar-refractivity contribution in [1.29, 1.82) is 0 Å². The lowest BCUT2D eigenvalue weighted by Gasteiger charge is -2.20. The van der Waals surface area contributed by atoms with Gasteiger partial charge in [0.15, 0.2) is 0 Å². The lowest BCUT2D eigenvalue weighted by Crippen LogP contribution is -2.27. The number of pyridine rings is 1. The fraction of sp³-hybridized carbons (Fsp3) is 0.360. The number of carbonyl (C=O) groups excluding carboxylic acids is 1. The van der Waals surface area contributed by atoms with Gasteiger partial charge in [0, 0.05) is 33.6 Å². The van der Waals surface area contributed by atoms with Crippen LogP contribution in [-0.4, -0.2) is 37.4 Å². The zero-order chi connectivity index (χ0) is 22.5. The molecule has 1 aromatic heterocycles. The van der Waals surface area contributed by atoms with Crippen LogP contribution < -0.4 is 14.8 Å². The molecule has 0 spiro atoms. The van der Waals surface area contributed by atoms with Gasteiger partial charge in [-0.1, -0.05) is 23.7 Å². The average Bonchev–Trinajstić information content (AvgIpc) is 2.81. The van der Waals surface area contributed by atoms with Gasteiger partial charge in [0.25, 0.3) is 0 Å². The molecule has 0 fully saturated rings. The predicted molar refractivity (Wildman–Crippen MR) is 130 cm³/mol. The smallest absolute Gasteiger partial charge is 0.230 e. The maximum atomic E-state index is 12.6. The number of nitrogens with zero attached hydrogens (tertiary/aromatic N) is 1. The second kappa shape index (κ2) is 10.5. The van der Waals surface area contributed by atoms with E-state index in [1.165, 1.54) is 10.5 Å². The van der Waals surface area contributed by atoms with Gasteiger partial charge in [-0.05, 0) is 61.4 Å². The van der Waals surface area contributed by atoms with Crippen LogP contribution in [0.2, 0.25) is 5.02 Å². The summed E-state index contributed by atoms with van der Waals surface area (Å²) in [5.74, 6) is 1.90. The van der Waals surface area contributed by atoms with Gasteiger partial charge < -0.3 is 14.8 Å². The summed E-state index contributed by atoms with van der Waals surface area (Å²) >= 11 is 7.80. The van der Waals surface area contributed by atoms with Crippen LogP contribution in [0.1, 0.15) is 29.7 Å². The van der Waals surface area contributed by atoms with E-state index >= 15 is 0 Å². The fourth-order valence-corrected chi connectivity index (χ4v) is 5.37. The number of rotatable bonds is 8. The summed E-state index contributed by atoms with van der Waals surface area (Å²) in [7, 11) is 3.27. The van der Waals surface area contributed by atoms with Crippen LogP contribution in [0.15, 0.2) is 41.3 Å². The number of hydrogen-bond acceptors (Lipinski definition) is 5. The molecule has 1 aliphatic rings. The molecule has 0 saturated carbocycles. The van der Waals surface area contributed by atoms with Gasteiger partial charge in [0.1, 0.15) is 11.5 Å². The minimum Gasteiger partial charge on any atom is -0.497 e. The minimum absolute atomic E-state index is 0.0194. The zero-order valence-corrected chi connectivity index (χ0v) is 19.9. The Kier molecular flexibility index (Phi) is 7.43. The third-order valence-corrected chi connectivity index (χ3v) is 7.13. The number of carbonyl (C=O) groups is 1. The number of hydrogen-bond donors (Lipinski definition) is 1. The van der Waals surface area contributed by atoms with E-state index in [1.807, 2.05) is 36.4 Å². The van der Waals surface area contributed by atoms with E-state index in [4.69, 9.17) is 26.1 Å². The number of halogens is 1. The monoisotopic (exact) mass is 470 g/mol. The molecule has 0 aliphatic heterocycles. The second-order valence-electron chi connectivity index (χ2n) is 7.80. The van der Waals surface area contributed by atoms with Crippen molar-refractivity contribution < 1.29 is 14.3 Å². The molecule has 0 saturated heterocycles. The quantitative estimate of drug-likeness (QED) is 0.456. The molecule has 32 heavy (non-hydrogen) atoms. The molecular weight excluding hydrogens is 444 g/mol. The van der Waals surface area contributed by atoms with E-state index in [2.05, 4.69) is 5.32 Å². The fourth-order valence-electron chi connectivity index (χ4n) is 4.10. The number of ether oxygens (including phenoxy) is 2. The highest BCUT2D eigenvalue weighted by atomic mass is 35.5. The van der Waals surface area contributed by atoms with Crippen molar-refractivity contribution in [3.8, 4) is 11.5 Å². The maximum Gasteiger partial charge on any atom is 0.230 e. The third kappa shape index (κ3) is 5.13. The summed E-state index contributed by atoms with van der Waals surface area (Å²) in [6, 6.07) is 11.6. The van der Waals surface area contributed by atoms with Crippen LogP contribution >= 0.6 is 23.4 Å². The van der Waals surface area contributed by atoms with Crippen molar-refractivity contribution in [1.82, 2.24) is 10.3 Å². The molecule has 0 unspecified atom stereocenters. The number of benzene rings is 2. The van der Waals surface area contributed by atoms with Crippen molar-refractivity contribution in [3.63, 3.8) is 0 Å². The Bertz CT molecular complexity index is 1140. The molecule has 2 aromatic carbocycles. The standard InChI is InChI=1S/C25H27ClN2O3S/c1-30-18-9-7-16(23(14-18)31-2)11-12-27-24(29)15-32-25-19-5-3-4-6-21(19)28-22-13-17(26)8-10-20(22)25/h7-10,13-14H,3-6,11-12,15H2,1-2H3,(H,27,29). The number of fused-ring (bicyclic) bond motifs is 2. The minimum atomic E-state index is 0.0194. The van der Waals surface area contributed by atoms with Crippen LogP contribution in [0.5, 0.6) is 11.5 Å². The largest absolute Gasteiger partial charge is 0.497 e. The number of methoxy groups -OCH3 is 2. The second-order valence-corrected chi connectivity index (χ2v) is 9.22. The first-order valence-corrected chi connectivity index (χ1v) is 12.2. The Hall–Kier alpha value is -2.44. The number of nitrogens with one attached hydrogen (secondary N) is 1. The summed E-state index contributed by atoms with van der Waals surface area (Å²) in [5, 5.41) is 4.80. The van der Waals surface area contributed by atoms with Gasteiger partial charge in [-0.15, -0.1) is 11.8 Å². The van der Waals surface area contributed by atoms with Crippen molar-refractivity contribution in [2.45, 2.75) is 37.0 Å². The first-order chi connectivity index (χ1) is 15.6. The summed E-state index contributed by atoms with van der Waals surface area (Å²) in [4.78, 5) is 18.6. The molecular formula is C25H27ClN2O3S. The lowest BCUT2D eigenvalue weighted by molar-refractivity contribution is -0.118. The number of amides is 1. The number of aromatic nitrogens is 1. The zero-order valence-electron chi connectivity index (χ0n) is 18.4. The topological polar surface area (TPSA) is 60.5 Å². The summed E-state index contributed by atoms with van der Waals surface area (Å²) in [6.07, 6.45) is 5.02. The lowest BCUT2D eigenvalue weighted by atomic mass is 9.94. The van der Waals surface area contributed by atoms with Crippen molar-refractivity contribution >= 4 is 40.2 Å². The molecule has 0 atom stereocenters. The number of aryl methyl sites for hydroxylation is 1. The van der Waals surface area contributed by atoms with Crippen LogP contribution in [0.3, 0.4) is 0 Å².